The third-order valence-corrected chi connectivity index (χ3v) is 7.97. The first-order valence-corrected chi connectivity index (χ1v) is 14.1. The van der Waals surface area contributed by atoms with Gasteiger partial charge in [-0.1, -0.05) is 6.07 Å². The first kappa shape index (κ1) is 31.4. The monoisotopic (exact) mass is 623 g/mol. The highest BCUT2D eigenvalue weighted by Crippen LogP contribution is 2.42. The molecule has 44 heavy (non-hydrogen) atoms. The molecule has 0 saturated carbocycles. The Balaban J connectivity index is 1.53. The van der Waals surface area contributed by atoms with Gasteiger partial charge in [-0.25, -0.2) is 9.78 Å². The molecule has 2 aromatic carbocycles. The third kappa shape index (κ3) is 6.42. The lowest BCUT2D eigenvalue weighted by Gasteiger charge is -2.33. The molecule has 2 aliphatic heterocycles. The van der Waals surface area contributed by atoms with Crippen LogP contribution in [0.4, 0.5) is 37.0 Å². The quantitative estimate of drug-likeness (QED) is 0.259. The average molecular weight is 624 g/mol. The summed E-state index contributed by atoms with van der Waals surface area (Å²) in [6.07, 6.45) is -10.2. The number of rotatable bonds is 9. The number of carbonyl (C=O) groups excluding carboxylic acids is 1. The predicted octanol–water partition coefficient (Wildman–Crippen LogP) is 7.01. The zero-order valence-corrected chi connectivity index (χ0v) is 24.0. The number of cyclic esters (lactones) is 1. The van der Waals surface area contributed by atoms with Gasteiger partial charge in [-0.15, -0.1) is 0 Å². The highest BCUT2D eigenvalue weighted by Gasteiger charge is 2.43. The molecule has 0 aliphatic carbocycles. The van der Waals surface area contributed by atoms with Gasteiger partial charge >= 0.3 is 18.4 Å². The van der Waals surface area contributed by atoms with Gasteiger partial charge in [0.25, 0.3) is 0 Å². The number of hydrogen-bond acceptors (Lipinski definition) is 6. The van der Waals surface area contributed by atoms with Crippen LogP contribution in [0.1, 0.15) is 53.8 Å². The van der Waals surface area contributed by atoms with E-state index in [1.54, 1.807) is 6.07 Å². The number of ether oxygens (including phenoxy) is 2. The number of benzene rings is 2. The molecule has 2 aliphatic rings. The number of hydrogen-bond donors (Lipinski definition) is 1. The first-order valence-electron chi connectivity index (χ1n) is 14.1. The van der Waals surface area contributed by atoms with Crippen molar-refractivity contribution in [1.82, 2.24) is 9.88 Å². The molecule has 2 unspecified atom stereocenters. The molecular formula is C31H31F6N3O4. The fourth-order valence-corrected chi connectivity index (χ4v) is 5.45. The second-order valence-corrected chi connectivity index (χ2v) is 10.9. The van der Waals surface area contributed by atoms with Gasteiger partial charge in [-0.2, -0.15) is 26.3 Å². The van der Waals surface area contributed by atoms with E-state index in [4.69, 9.17) is 14.5 Å². The minimum atomic E-state index is -5.04. The van der Waals surface area contributed by atoms with E-state index in [1.165, 1.54) is 18.9 Å². The van der Waals surface area contributed by atoms with E-state index >= 15 is 0 Å². The van der Waals surface area contributed by atoms with Crippen LogP contribution in [0.3, 0.4) is 0 Å². The fourth-order valence-electron chi connectivity index (χ4n) is 5.45. The second-order valence-electron chi connectivity index (χ2n) is 10.9. The van der Waals surface area contributed by atoms with Crippen molar-refractivity contribution in [3.05, 3.63) is 76.5 Å². The van der Waals surface area contributed by atoms with Crippen LogP contribution < -0.4 is 9.64 Å². The van der Waals surface area contributed by atoms with Gasteiger partial charge in [0.1, 0.15) is 17.7 Å². The highest BCUT2D eigenvalue weighted by molar-refractivity contribution is 5.76. The molecule has 3 aromatic rings. The number of nitrogens with zero attached hydrogens (tertiary/aromatic N) is 3. The van der Waals surface area contributed by atoms with Crippen molar-refractivity contribution in [2.75, 3.05) is 31.7 Å². The summed E-state index contributed by atoms with van der Waals surface area (Å²) in [6.45, 7) is 3.01. The molecule has 3 heterocycles. The van der Waals surface area contributed by atoms with Crippen molar-refractivity contribution >= 4 is 11.9 Å². The van der Waals surface area contributed by atoms with Crippen molar-refractivity contribution in [3.8, 4) is 16.9 Å². The van der Waals surface area contributed by atoms with E-state index < -0.39 is 47.3 Å². The van der Waals surface area contributed by atoms with Crippen LogP contribution in [-0.4, -0.2) is 53.9 Å². The Hall–Kier alpha value is -4.00. The van der Waals surface area contributed by atoms with Gasteiger partial charge in [0.05, 0.1) is 36.5 Å². The van der Waals surface area contributed by atoms with Crippen molar-refractivity contribution < 1.29 is 45.7 Å². The maximum atomic E-state index is 13.5. The smallest absolute Gasteiger partial charge is 0.416 e. The second kappa shape index (κ2) is 12.2. The number of amides is 1. The largest absolute Gasteiger partial charge is 0.496 e. The summed E-state index contributed by atoms with van der Waals surface area (Å²) in [5, 5.41) is 9.29. The van der Waals surface area contributed by atoms with E-state index in [0.717, 1.165) is 25.1 Å². The Morgan fingerprint density at radius 3 is 2.23 bits per heavy atom. The van der Waals surface area contributed by atoms with Crippen LogP contribution in [0.5, 0.6) is 5.75 Å². The Morgan fingerprint density at radius 2 is 1.66 bits per heavy atom. The van der Waals surface area contributed by atoms with Crippen LogP contribution in [0, 0.1) is 0 Å². The molecule has 13 heteroatoms. The van der Waals surface area contributed by atoms with Gasteiger partial charge in [0.2, 0.25) is 0 Å². The molecule has 2 saturated heterocycles. The van der Waals surface area contributed by atoms with Gasteiger partial charge in [-0.05, 0) is 79.8 Å². The molecule has 236 valence electrons. The zero-order valence-electron chi connectivity index (χ0n) is 24.0. The summed E-state index contributed by atoms with van der Waals surface area (Å²) >= 11 is 0. The molecule has 7 nitrogen and oxygen atoms in total. The zero-order chi connectivity index (χ0) is 31.8. The molecule has 0 bridgehead atoms. The van der Waals surface area contributed by atoms with Crippen molar-refractivity contribution in [2.24, 2.45) is 0 Å². The number of aryl methyl sites for hydroxylation is 1. The molecule has 1 amide bonds. The van der Waals surface area contributed by atoms with Gasteiger partial charge < -0.3 is 19.5 Å². The van der Waals surface area contributed by atoms with Gasteiger partial charge in [-0.3, -0.25) is 4.90 Å². The minimum absolute atomic E-state index is 0.0190. The molecular weight excluding hydrogens is 592 g/mol. The first-order chi connectivity index (χ1) is 20.8. The minimum Gasteiger partial charge on any atom is -0.496 e. The fraction of sp³-hybridized carbons (Fsp3) is 0.419. The van der Waals surface area contributed by atoms with E-state index in [9.17, 15) is 36.2 Å². The van der Waals surface area contributed by atoms with Gasteiger partial charge in [0, 0.05) is 30.8 Å². The maximum Gasteiger partial charge on any atom is 0.416 e. The maximum absolute atomic E-state index is 13.5. The average Bonchev–Trinajstić information content (AvgIpc) is 3.22. The number of alkyl halides is 6. The summed E-state index contributed by atoms with van der Waals surface area (Å²) in [5.74, 6) is 1.21. The Labute approximate surface area is 250 Å². The lowest BCUT2D eigenvalue weighted by Crippen LogP contribution is -2.38. The molecule has 2 atom stereocenters. The summed E-state index contributed by atoms with van der Waals surface area (Å²) in [5.41, 5.74) is -0.657. The van der Waals surface area contributed by atoms with Crippen molar-refractivity contribution in [3.63, 3.8) is 0 Å². The van der Waals surface area contributed by atoms with E-state index in [0.29, 0.717) is 53.4 Å². The Bertz CT molecular complexity index is 1490. The summed E-state index contributed by atoms with van der Waals surface area (Å²) in [6, 6.07) is 9.60. The molecule has 1 aromatic heterocycles. The summed E-state index contributed by atoms with van der Waals surface area (Å²) < 4.78 is 92.3. The Kier molecular flexibility index (Phi) is 8.70. The normalized spacial score (nSPS) is 18.8. The highest BCUT2D eigenvalue weighted by atomic mass is 19.4. The summed E-state index contributed by atoms with van der Waals surface area (Å²) in [4.78, 5) is 21.3. The molecule has 2 fully saturated rings. The number of aliphatic hydroxyl groups excluding tert-OH is 1. The van der Waals surface area contributed by atoms with E-state index in [1.807, 2.05) is 24.3 Å². The predicted molar refractivity (Wildman–Crippen MR) is 149 cm³/mol. The molecule has 0 radical (unpaired) electrons. The van der Waals surface area contributed by atoms with Crippen LogP contribution >= 0.6 is 0 Å². The number of anilines is 1. The van der Waals surface area contributed by atoms with Crippen LogP contribution in [0.15, 0.2) is 48.5 Å². The Morgan fingerprint density at radius 1 is 0.977 bits per heavy atom. The number of halogens is 6. The van der Waals surface area contributed by atoms with E-state index in [2.05, 4.69) is 4.90 Å². The number of methoxy groups -OCH3 is 1. The number of pyridine rings is 1. The molecule has 5 rings (SSSR count). The number of aromatic nitrogens is 1. The van der Waals surface area contributed by atoms with E-state index in [-0.39, 0.29) is 19.2 Å². The summed E-state index contributed by atoms with van der Waals surface area (Å²) in [7, 11) is 1.52. The van der Waals surface area contributed by atoms with Crippen molar-refractivity contribution in [1.29, 1.82) is 0 Å². The SMILES string of the molecule is COc1ccc(CCCO)cc1-c1ccc(N2CCC2)nc1CN1C(=O)OC(c2cc(C(F)(F)F)cc(C(F)(F)F)c2)C1C. The molecule has 0 spiro atoms. The topological polar surface area (TPSA) is 75.1 Å². The van der Waals surface area contributed by atoms with Crippen LogP contribution in [-0.2, 0) is 30.1 Å². The van der Waals surface area contributed by atoms with Gasteiger partial charge in [0.15, 0.2) is 0 Å². The standard InChI is InChI=1S/C31H31F6N3O4/c1-18-28(20-14-21(30(32,33)34)16-22(15-20)31(35,36)37)44-29(42)40(18)17-25-23(7-9-27(38-25)39-10-4-11-39)24-13-19(5-3-12-41)6-8-26(24)43-2/h6-9,13-16,18,28,41H,3-5,10-12,17H2,1-2H3. The lowest BCUT2D eigenvalue weighted by molar-refractivity contribution is -0.143. The van der Waals surface area contributed by atoms with Crippen molar-refractivity contribution in [2.45, 2.75) is 57.2 Å². The number of carbonyl (C=O) groups is 1. The number of aliphatic hydroxyl groups is 1. The lowest BCUT2D eigenvalue weighted by atomic mass is 9.96. The molecule has 1 N–H and O–H groups in total. The third-order valence-electron chi connectivity index (χ3n) is 7.97. The van der Waals surface area contributed by atoms with Crippen LogP contribution in [0.25, 0.3) is 11.1 Å². The van der Waals surface area contributed by atoms with Crippen LogP contribution in [0.2, 0.25) is 0 Å².